The molecule has 3 aromatic carbocycles. The van der Waals surface area contributed by atoms with Crippen molar-refractivity contribution >= 4 is 28.4 Å². The molecule has 0 aliphatic rings. The lowest BCUT2D eigenvalue weighted by atomic mass is 10.1. The molecule has 162 valence electrons. The van der Waals surface area contributed by atoms with Gasteiger partial charge in [0.25, 0.3) is 5.91 Å². The van der Waals surface area contributed by atoms with Crippen LogP contribution in [0.1, 0.15) is 35.9 Å². The number of aromatic nitrogens is 1. The highest BCUT2D eigenvalue weighted by atomic mass is 16.5. The zero-order valence-electron chi connectivity index (χ0n) is 18.3. The summed E-state index contributed by atoms with van der Waals surface area (Å²) in [6.07, 6.45) is 0. The Morgan fingerprint density at radius 3 is 2.50 bits per heavy atom. The Morgan fingerprint density at radius 1 is 0.969 bits per heavy atom. The van der Waals surface area contributed by atoms with Gasteiger partial charge in [-0.25, -0.2) is 0 Å². The molecule has 1 atom stereocenters. The number of fused-ring (bicyclic) bond motifs is 1. The van der Waals surface area contributed by atoms with Crippen molar-refractivity contribution in [2.75, 3.05) is 12.4 Å². The van der Waals surface area contributed by atoms with Crippen LogP contribution in [0.3, 0.4) is 0 Å². The summed E-state index contributed by atoms with van der Waals surface area (Å²) in [6, 6.07) is 24.2. The minimum absolute atomic E-state index is 0.148. The average molecular weight is 428 g/mol. The summed E-state index contributed by atoms with van der Waals surface area (Å²) in [5, 5.41) is 3.84. The molecular weight excluding hydrogens is 402 g/mol. The zero-order chi connectivity index (χ0) is 22.7. The first-order chi connectivity index (χ1) is 15.4. The Labute approximate surface area is 186 Å². The zero-order valence-corrected chi connectivity index (χ0v) is 18.3. The van der Waals surface area contributed by atoms with E-state index in [0.717, 1.165) is 16.6 Å². The van der Waals surface area contributed by atoms with E-state index in [1.54, 1.807) is 48.3 Å². The number of carbonyl (C=O) groups excluding carboxylic acids is 2. The fourth-order valence-electron chi connectivity index (χ4n) is 3.60. The molecule has 6 nitrogen and oxygen atoms in total. The summed E-state index contributed by atoms with van der Waals surface area (Å²) >= 11 is 0. The van der Waals surface area contributed by atoms with Gasteiger partial charge in [-0.15, -0.1) is 0 Å². The normalized spacial score (nSPS) is 11.7. The fraction of sp³-hybridized carbons (Fsp3) is 0.154. The molecule has 1 aromatic heterocycles. The number of H-pyrrole nitrogens is 1. The van der Waals surface area contributed by atoms with Crippen molar-refractivity contribution in [3.8, 4) is 11.5 Å². The summed E-state index contributed by atoms with van der Waals surface area (Å²) in [5.41, 5.74) is 3.09. The molecule has 1 unspecified atom stereocenters. The van der Waals surface area contributed by atoms with E-state index in [4.69, 9.17) is 4.74 Å². The van der Waals surface area contributed by atoms with Crippen LogP contribution in [0.15, 0.2) is 78.9 Å². The second-order valence-corrected chi connectivity index (χ2v) is 7.71. The standard InChI is InChI=1S/C26H25N3O3/c1-17(24-15-19-9-4-6-13-23(19)28-24)29(3)26(31)22-12-5-7-14-25(22)32-21-11-8-10-20(16-21)27-18(2)30/h4-17,28H,1-3H3,(H,27,30). The van der Waals surface area contributed by atoms with Crippen LogP contribution in [0.5, 0.6) is 11.5 Å². The van der Waals surface area contributed by atoms with E-state index in [-0.39, 0.29) is 17.9 Å². The van der Waals surface area contributed by atoms with Gasteiger partial charge in [-0.05, 0) is 48.7 Å². The number of carbonyl (C=O) groups is 2. The summed E-state index contributed by atoms with van der Waals surface area (Å²) < 4.78 is 6.03. The van der Waals surface area contributed by atoms with Crippen LogP contribution in [0.25, 0.3) is 10.9 Å². The molecule has 2 amide bonds. The average Bonchev–Trinajstić information content (AvgIpc) is 3.22. The lowest BCUT2D eigenvalue weighted by Crippen LogP contribution is -2.30. The predicted octanol–water partition coefficient (Wildman–Crippen LogP) is 5.75. The van der Waals surface area contributed by atoms with Crippen molar-refractivity contribution in [2.45, 2.75) is 19.9 Å². The van der Waals surface area contributed by atoms with Crippen molar-refractivity contribution in [3.63, 3.8) is 0 Å². The van der Waals surface area contributed by atoms with Crippen molar-refractivity contribution in [1.82, 2.24) is 9.88 Å². The summed E-state index contributed by atoms with van der Waals surface area (Å²) in [5.74, 6) is 0.672. The van der Waals surface area contributed by atoms with Gasteiger partial charge in [0.15, 0.2) is 0 Å². The van der Waals surface area contributed by atoms with Crippen molar-refractivity contribution < 1.29 is 14.3 Å². The maximum absolute atomic E-state index is 13.4. The maximum Gasteiger partial charge on any atom is 0.257 e. The largest absolute Gasteiger partial charge is 0.456 e. The third-order valence-corrected chi connectivity index (χ3v) is 5.40. The topological polar surface area (TPSA) is 74.4 Å². The van der Waals surface area contributed by atoms with Crippen molar-refractivity contribution in [3.05, 3.63) is 90.1 Å². The van der Waals surface area contributed by atoms with Gasteiger partial charge in [-0.1, -0.05) is 36.4 Å². The molecular formula is C26H25N3O3. The summed E-state index contributed by atoms with van der Waals surface area (Å²) in [6.45, 7) is 3.44. The predicted molar refractivity (Wildman–Crippen MR) is 126 cm³/mol. The third-order valence-electron chi connectivity index (χ3n) is 5.40. The highest BCUT2D eigenvalue weighted by molar-refractivity contribution is 5.97. The number of aromatic amines is 1. The summed E-state index contributed by atoms with van der Waals surface area (Å²) in [4.78, 5) is 29.8. The molecule has 0 aliphatic heterocycles. The van der Waals surface area contributed by atoms with Gasteiger partial charge in [-0.3, -0.25) is 9.59 Å². The van der Waals surface area contributed by atoms with E-state index in [2.05, 4.69) is 16.4 Å². The number of rotatable bonds is 6. The van der Waals surface area contributed by atoms with Gasteiger partial charge in [0.1, 0.15) is 11.5 Å². The molecule has 0 saturated heterocycles. The van der Waals surface area contributed by atoms with E-state index < -0.39 is 0 Å². The number of amides is 2. The number of benzene rings is 3. The Bertz CT molecular complexity index is 1250. The second-order valence-electron chi connectivity index (χ2n) is 7.71. The van der Waals surface area contributed by atoms with Crippen LogP contribution in [0, 0.1) is 0 Å². The number of para-hydroxylation sites is 2. The molecule has 0 aliphatic carbocycles. The van der Waals surface area contributed by atoms with Crippen LogP contribution in [-0.4, -0.2) is 28.7 Å². The van der Waals surface area contributed by atoms with Gasteiger partial charge in [0, 0.05) is 36.9 Å². The molecule has 4 rings (SSSR count). The molecule has 0 radical (unpaired) electrons. The van der Waals surface area contributed by atoms with Crippen molar-refractivity contribution in [1.29, 1.82) is 0 Å². The van der Waals surface area contributed by atoms with Crippen LogP contribution >= 0.6 is 0 Å². The van der Waals surface area contributed by atoms with Gasteiger partial charge in [-0.2, -0.15) is 0 Å². The molecule has 1 heterocycles. The monoisotopic (exact) mass is 427 g/mol. The van der Waals surface area contributed by atoms with E-state index in [1.165, 1.54) is 6.92 Å². The molecule has 0 spiro atoms. The fourth-order valence-corrected chi connectivity index (χ4v) is 3.60. The first-order valence-corrected chi connectivity index (χ1v) is 10.4. The van der Waals surface area contributed by atoms with Gasteiger partial charge in [0.2, 0.25) is 5.91 Å². The highest BCUT2D eigenvalue weighted by Gasteiger charge is 2.23. The minimum Gasteiger partial charge on any atom is -0.456 e. The highest BCUT2D eigenvalue weighted by Crippen LogP contribution is 2.30. The van der Waals surface area contributed by atoms with E-state index in [9.17, 15) is 9.59 Å². The molecule has 6 heteroatoms. The third kappa shape index (κ3) is 4.49. The Hall–Kier alpha value is -4.06. The number of nitrogens with zero attached hydrogens (tertiary/aromatic N) is 1. The number of hydrogen-bond acceptors (Lipinski definition) is 3. The van der Waals surface area contributed by atoms with Gasteiger partial charge in [0.05, 0.1) is 11.6 Å². The number of anilines is 1. The van der Waals surface area contributed by atoms with E-state index >= 15 is 0 Å². The minimum atomic E-state index is -0.162. The molecule has 0 bridgehead atoms. The first kappa shape index (κ1) is 21.2. The van der Waals surface area contributed by atoms with Crippen LogP contribution < -0.4 is 10.1 Å². The molecule has 0 fully saturated rings. The quantitative estimate of drug-likeness (QED) is 0.411. The van der Waals surface area contributed by atoms with Crippen LogP contribution in [0.4, 0.5) is 5.69 Å². The molecule has 2 N–H and O–H groups in total. The Kier molecular flexibility index (Phi) is 5.94. The first-order valence-electron chi connectivity index (χ1n) is 10.4. The molecule has 32 heavy (non-hydrogen) atoms. The smallest absolute Gasteiger partial charge is 0.257 e. The SMILES string of the molecule is CC(=O)Nc1cccc(Oc2ccccc2C(=O)N(C)C(C)c2cc3ccccc3[nH]2)c1. The Morgan fingerprint density at radius 2 is 1.72 bits per heavy atom. The molecule has 0 saturated carbocycles. The number of nitrogens with one attached hydrogen (secondary N) is 2. The van der Waals surface area contributed by atoms with E-state index in [1.807, 2.05) is 43.3 Å². The van der Waals surface area contributed by atoms with Crippen LogP contribution in [-0.2, 0) is 4.79 Å². The number of ether oxygens (including phenoxy) is 1. The van der Waals surface area contributed by atoms with Gasteiger partial charge < -0.3 is 19.9 Å². The van der Waals surface area contributed by atoms with Crippen molar-refractivity contribution in [2.24, 2.45) is 0 Å². The summed E-state index contributed by atoms with van der Waals surface area (Å²) in [7, 11) is 1.78. The second kappa shape index (κ2) is 8.98. The van der Waals surface area contributed by atoms with E-state index in [0.29, 0.717) is 22.7 Å². The van der Waals surface area contributed by atoms with Gasteiger partial charge >= 0.3 is 0 Å². The number of hydrogen-bond donors (Lipinski definition) is 2. The lowest BCUT2D eigenvalue weighted by molar-refractivity contribution is -0.114. The maximum atomic E-state index is 13.4. The lowest BCUT2D eigenvalue weighted by Gasteiger charge is -2.25. The molecule has 4 aromatic rings. The Balaban J connectivity index is 1.57. The van der Waals surface area contributed by atoms with Crippen LogP contribution in [0.2, 0.25) is 0 Å².